The summed E-state index contributed by atoms with van der Waals surface area (Å²) in [7, 11) is 2.79. The molecule has 1 amide bonds. The summed E-state index contributed by atoms with van der Waals surface area (Å²) in [6.07, 6.45) is 0. The molecule has 3 aromatic carbocycles. The Balaban J connectivity index is 1.42. The van der Waals surface area contributed by atoms with Crippen LogP contribution in [0, 0.1) is 0 Å². The predicted molar refractivity (Wildman–Crippen MR) is 123 cm³/mol. The lowest BCUT2D eigenvalue weighted by molar-refractivity contribution is 0.102. The number of rotatable bonds is 5. The van der Waals surface area contributed by atoms with Crippen LogP contribution in [0.25, 0.3) is 22.3 Å². The van der Waals surface area contributed by atoms with E-state index >= 15 is 0 Å². The van der Waals surface area contributed by atoms with Crippen LogP contribution in [0.4, 0.5) is 5.69 Å². The Morgan fingerprint density at radius 1 is 0.971 bits per heavy atom. The number of carbonyl (C=O) groups is 1. The van der Waals surface area contributed by atoms with Crippen LogP contribution in [0.3, 0.4) is 0 Å². The zero-order valence-electron chi connectivity index (χ0n) is 18.2. The number of hydrogen-bond acceptors (Lipinski definition) is 8. The number of carbonyl (C=O) groups excluding carboxylic acids is 1. The molecule has 9 nitrogen and oxygen atoms in total. The molecule has 0 bridgehead atoms. The molecule has 1 aromatic heterocycles. The van der Waals surface area contributed by atoms with E-state index in [1.54, 1.807) is 42.5 Å². The minimum absolute atomic E-state index is 0.00555. The third-order valence-electron chi connectivity index (χ3n) is 5.40. The predicted octanol–water partition coefficient (Wildman–Crippen LogP) is 4.16. The average molecular weight is 461 g/mol. The first kappa shape index (κ1) is 21.2. The molecule has 1 aliphatic heterocycles. The standard InChI is InChI=1S/C25H19NO8/c1-30-21-11-20-22(23(28)24(21)31-2)16(27)10-18(34-20)13-3-6-15(7-4-13)26-25(29)14-5-8-17-19(9-14)33-12-32-17/h3-11,28H,12H2,1-2H3,(H,26,29). The highest BCUT2D eigenvalue weighted by atomic mass is 16.7. The van der Waals surface area contributed by atoms with Gasteiger partial charge < -0.3 is 33.8 Å². The topological polar surface area (TPSA) is 116 Å². The Bertz CT molecular complexity index is 1470. The molecule has 2 heterocycles. The molecule has 9 heteroatoms. The van der Waals surface area contributed by atoms with Crippen molar-refractivity contribution in [2.75, 3.05) is 26.3 Å². The summed E-state index contributed by atoms with van der Waals surface area (Å²) >= 11 is 0. The van der Waals surface area contributed by atoms with Crippen LogP contribution < -0.4 is 29.7 Å². The van der Waals surface area contributed by atoms with Crippen molar-refractivity contribution in [2.45, 2.75) is 0 Å². The van der Waals surface area contributed by atoms with E-state index in [0.717, 1.165) is 0 Å². The van der Waals surface area contributed by atoms with Gasteiger partial charge >= 0.3 is 0 Å². The summed E-state index contributed by atoms with van der Waals surface area (Å²) in [6, 6.07) is 14.5. The van der Waals surface area contributed by atoms with E-state index in [1.807, 2.05) is 0 Å². The van der Waals surface area contributed by atoms with Gasteiger partial charge in [0.2, 0.25) is 12.5 Å². The fourth-order valence-electron chi connectivity index (χ4n) is 3.71. The summed E-state index contributed by atoms with van der Waals surface area (Å²) in [5.74, 6) is 1.04. The van der Waals surface area contributed by atoms with Gasteiger partial charge in [-0.05, 0) is 42.5 Å². The maximum absolute atomic E-state index is 12.7. The van der Waals surface area contributed by atoms with Gasteiger partial charge in [-0.25, -0.2) is 0 Å². The number of methoxy groups -OCH3 is 2. The number of fused-ring (bicyclic) bond motifs is 2. The lowest BCUT2D eigenvalue weighted by Crippen LogP contribution is -2.11. The number of phenolic OH excluding ortho intramolecular Hbond substituents is 1. The summed E-state index contributed by atoms with van der Waals surface area (Å²) < 4.78 is 26.8. The number of benzene rings is 3. The van der Waals surface area contributed by atoms with E-state index in [2.05, 4.69) is 5.32 Å². The normalized spacial score (nSPS) is 11.9. The molecule has 0 fully saturated rings. The van der Waals surface area contributed by atoms with Crippen molar-refractivity contribution in [1.82, 2.24) is 0 Å². The molecule has 4 aromatic rings. The zero-order valence-corrected chi connectivity index (χ0v) is 18.2. The molecule has 0 unspecified atom stereocenters. The largest absolute Gasteiger partial charge is 0.504 e. The minimum atomic E-state index is -0.435. The van der Waals surface area contributed by atoms with E-state index in [1.165, 1.54) is 26.4 Å². The van der Waals surface area contributed by atoms with Crippen LogP contribution in [-0.2, 0) is 0 Å². The Hall–Kier alpha value is -4.66. The molecule has 34 heavy (non-hydrogen) atoms. The number of aromatic hydroxyl groups is 1. The maximum atomic E-state index is 12.7. The lowest BCUT2D eigenvalue weighted by atomic mass is 10.1. The van der Waals surface area contributed by atoms with Crippen LogP contribution in [0.1, 0.15) is 10.4 Å². The second kappa shape index (κ2) is 8.36. The first-order valence-electron chi connectivity index (χ1n) is 10.2. The number of hydrogen-bond donors (Lipinski definition) is 2. The quantitative estimate of drug-likeness (QED) is 0.455. The Morgan fingerprint density at radius 2 is 1.74 bits per heavy atom. The maximum Gasteiger partial charge on any atom is 0.255 e. The van der Waals surface area contributed by atoms with Gasteiger partial charge in [0.05, 0.1) is 14.2 Å². The lowest BCUT2D eigenvalue weighted by Gasteiger charge is -2.12. The second-order valence-electron chi connectivity index (χ2n) is 7.41. The second-order valence-corrected chi connectivity index (χ2v) is 7.41. The van der Waals surface area contributed by atoms with Gasteiger partial charge in [0.1, 0.15) is 16.7 Å². The van der Waals surface area contributed by atoms with Crippen molar-refractivity contribution in [1.29, 1.82) is 0 Å². The van der Waals surface area contributed by atoms with Gasteiger partial charge in [0, 0.05) is 28.9 Å². The third-order valence-corrected chi connectivity index (χ3v) is 5.40. The minimum Gasteiger partial charge on any atom is -0.504 e. The van der Waals surface area contributed by atoms with Crippen LogP contribution in [0.2, 0.25) is 0 Å². The summed E-state index contributed by atoms with van der Waals surface area (Å²) in [6.45, 7) is 0.132. The van der Waals surface area contributed by atoms with Crippen LogP contribution in [-0.4, -0.2) is 32.0 Å². The number of ether oxygens (including phenoxy) is 4. The number of nitrogens with one attached hydrogen (secondary N) is 1. The van der Waals surface area contributed by atoms with Crippen molar-refractivity contribution >= 4 is 22.6 Å². The highest BCUT2D eigenvalue weighted by Crippen LogP contribution is 2.42. The smallest absolute Gasteiger partial charge is 0.255 e. The first-order valence-corrected chi connectivity index (χ1v) is 10.2. The van der Waals surface area contributed by atoms with Crippen molar-refractivity contribution in [2.24, 2.45) is 0 Å². The highest BCUT2D eigenvalue weighted by molar-refractivity contribution is 6.04. The Labute approximate surface area is 193 Å². The molecule has 0 radical (unpaired) electrons. The van der Waals surface area contributed by atoms with Gasteiger partial charge in [-0.1, -0.05) is 0 Å². The van der Waals surface area contributed by atoms with Gasteiger partial charge in [-0.3, -0.25) is 9.59 Å². The number of amides is 1. The van der Waals surface area contributed by atoms with E-state index in [-0.39, 0.29) is 46.7 Å². The fraction of sp³-hybridized carbons (Fsp3) is 0.120. The zero-order chi connectivity index (χ0) is 23.8. The molecule has 0 spiro atoms. The van der Waals surface area contributed by atoms with Crippen LogP contribution in [0.15, 0.2) is 63.8 Å². The van der Waals surface area contributed by atoms with Gasteiger partial charge in [0.15, 0.2) is 28.4 Å². The van der Waals surface area contributed by atoms with E-state index in [4.69, 9.17) is 23.4 Å². The Kier molecular flexibility index (Phi) is 5.21. The monoisotopic (exact) mass is 461 g/mol. The molecule has 0 saturated carbocycles. The van der Waals surface area contributed by atoms with E-state index in [9.17, 15) is 14.7 Å². The van der Waals surface area contributed by atoms with Crippen molar-refractivity contribution in [3.63, 3.8) is 0 Å². The molecule has 1 aliphatic rings. The molecule has 2 N–H and O–H groups in total. The fourth-order valence-corrected chi connectivity index (χ4v) is 3.71. The molecule has 0 aliphatic carbocycles. The third kappa shape index (κ3) is 3.62. The molecular weight excluding hydrogens is 442 g/mol. The van der Waals surface area contributed by atoms with Crippen molar-refractivity contribution in [3.8, 4) is 40.1 Å². The molecular formula is C25H19NO8. The number of phenols is 1. The van der Waals surface area contributed by atoms with Gasteiger partial charge in [0.25, 0.3) is 5.91 Å². The van der Waals surface area contributed by atoms with Crippen LogP contribution in [0.5, 0.6) is 28.7 Å². The Morgan fingerprint density at radius 3 is 2.47 bits per heavy atom. The summed E-state index contributed by atoms with van der Waals surface area (Å²) in [4.78, 5) is 25.3. The first-order chi connectivity index (χ1) is 16.5. The number of anilines is 1. The van der Waals surface area contributed by atoms with Gasteiger partial charge in [-0.2, -0.15) is 0 Å². The molecule has 5 rings (SSSR count). The SMILES string of the molecule is COc1cc2oc(-c3ccc(NC(=O)c4ccc5c(c4)OCO5)cc3)cc(=O)c2c(O)c1OC. The van der Waals surface area contributed by atoms with E-state index in [0.29, 0.717) is 28.3 Å². The highest BCUT2D eigenvalue weighted by Gasteiger charge is 2.20. The van der Waals surface area contributed by atoms with Crippen molar-refractivity contribution in [3.05, 3.63) is 70.4 Å². The average Bonchev–Trinajstić information content (AvgIpc) is 3.32. The van der Waals surface area contributed by atoms with Gasteiger partial charge in [-0.15, -0.1) is 0 Å². The molecule has 0 atom stereocenters. The molecule has 0 saturated heterocycles. The van der Waals surface area contributed by atoms with Crippen molar-refractivity contribution < 1.29 is 33.3 Å². The van der Waals surface area contributed by atoms with E-state index < -0.39 is 5.43 Å². The summed E-state index contributed by atoms with van der Waals surface area (Å²) in [5.41, 5.74) is 1.30. The molecule has 172 valence electrons. The summed E-state index contributed by atoms with van der Waals surface area (Å²) in [5, 5.41) is 13.3. The van der Waals surface area contributed by atoms with Crippen LogP contribution >= 0.6 is 0 Å².